The minimum absolute atomic E-state index is 0.0338. The van der Waals surface area contributed by atoms with Gasteiger partial charge in [-0.2, -0.15) is 0 Å². The van der Waals surface area contributed by atoms with Crippen molar-refractivity contribution in [1.82, 2.24) is 10.2 Å². The summed E-state index contributed by atoms with van der Waals surface area (Å²) in [5.74, 6) is 0.0338. The fourth-order valence-electron chi connectivity index (χ4n) is 1.58. The van der Waals surface area contributed by atoms with Gasteiger partial charge in [0.2, 0.25) is 5.91 Å². The molecule has 1 amide bonds. The van der Waals surface area contributed by atoms with E-state index in [9.17, 15) is 4.79 Å². The molecule has 0 aromatic carbocycles. The van der Waals surface area contributed by atoms with Crippen LogP contribution >= 0.6 is 0 Å². The van der Waals surface area contributed by atoms with E-state index in [1.165, 1.54) is 0 Å². The number of hydrogen-bond donors (Lipinski definition) is 2. The van der Waals surface area contributed by atoms with E-state index in [4.69, 9.17) is 10.5 Å². The molecule has 0 aliphatic carbocycles. The first-order valence-electron chi connectivity index (χ1n) is 5.84. The van der Waals surface area contributed by atoms with Gasteiger partial charge in [0.25, 0.3) is 0 Å². The molecule has 0 aliphatic heterocycles. The van der Waals surface area contributed by atoms with Crippen molar-refractivity contribution < 1.29 is 9.53 Å². The molecule has 0 spiro atoms. The maximum absolute atomic E-state index is 11.6. The molecule has 96 valence electrons. The molecule has 3 N–H and O–H groups in total. The lowest BCUT2D eigenvalue weighted by Gasteiger charge is -2.21. The second kappa shape index (κ2) is 9.57. The zero-order chi connectivity index (χ0) is 12.4. The topological polar surface area (TPSA) is 67.6 Å². The molecule has 0 radical (unpaired) electrons. The maximum atomic E-state index is 11.6. The number of amides is 1. The molecule has 0 saturated heterocycles. The van der Waals surface area contributed by atoms with Crippen molar-refractivity contribution >= 4 is 5.91 Å². The van der Waals surface area contributed by atoms with Gasteiger partial charge in [0.1, 0.15) is 0 Å². The van der Waals surface area contributed by atoms with Crippen molar-refractivity contribution in [2.45, 2.75) is 26.3 Å². The Morgan fingerprint density at radius 2 is 2.19 bits per heavy atom. The molecule has 0 aliphatic rings. The molecule has 0 bridgehead atoms. The zero-order valence-electron chi connectivity index (χ0n) is 10.7. The molecule has 0 aromatic heterocycles. The van der Waals surface area contributed by atoms with E-state index >= 15 is 0 Å². The standard InChI is InChI=1S/C11H25N3O2/c1-4-6-14(7-5-12)8-11(15)13-10(2)9-16-3/h10H,4-9,12H2,1-3H3,(H,13,15). The van der Waals surface area contributed by atoms with E-state index in [0.717, 1.165) is 19.5 Å². The fourth-order valence-corrected chi connectivity index (χ4v) is 1.58. The number of methoxy groups -OCH3 is 1. The van der Waals surface area contributed by atoms with Crippen molar-refractivity contribution in [2.75, 3.05) is 39.9 Å². The van der Waals surface area contributed by atoms with E-state index in [0.29, 0.717) is 19.7 Å². The molecule has 16 heavy (non-hydrogen) atoms. The highest BCUT2D eigenvalue weighted by molar-refractivity contribution is 5.78. The van der Waals surface area contributed by atoms with Crippen LogP contribution in [0.2, 0.25) is 0 Å². The van der Waals surface area contributed by atoms with Crippen molar-refractivity contribution in [3.05, 3.63) is 0 Å². The molecule has 5 heteroatoms. The van der Waals surface area contributed by atoms with Crippen LogP contribution in [-0.4, -0.2) is 56.7 Å². The van der Waals surface area contributed by atoms with Crippen LogP contribution in [0.5, 0.6) is 0 Å². The van der Waals surface area contributed by atoms with E-state index < -0.39 is 0 Å². The predicted molar refractivity (Wildman–Crippen MR) is 65.3 cm³/mol. The average Bonchev–Trinajstić information content (AvgIpc) is 2.18. The van der Waals surface area contributed by atoms with Crippen LogP contribution in [0.3, 0.4) is 0 Å². The number of nitrogens with two attached hydrogens (primary N) is 1. The third-order valence-electron chi connectivity index (χ3n) is 2.18. The highest BCUT2D eigenvalue weighted by atomic mass is 16.5. The van der Waals surface area contributed by atoms with Gasteiger partial charge in [-0.25, -0.2) is 0 Å². The summed E-state index contributed by atoms with van der Waals surface area (Å²) in [5, 5.41) is 2.88. The summed E-state index contributed by atoms with van der Waals surface area (Å²) in [4.78, 5) is 13.7. The quantitative estimate of drug-likeness (QED) is 0.577. The third-order valence-corrected chi connectivity index (χ3v) is 2.18. The van der Waals surface area contributed by atoms with Crippen molar-refractivity contribution in [1.29, 1.82) is 0 Å². The van der Waals surface area contributed by atoms with Gasteiger partial charge in [0.05, 0.1) is 13.2 Å². The Bertz CT molecular complexity index is 182. The van der Waals surface area contributed by atoms with Gasteiger partial charge in [-0.1, -0.05) is 6.92 Å². The highest BCUT2D eigenvalue weighted by Crippen LogP contribution is 1.91. The fraction of sp³-hybridized carbons (Fsp3) is 0.909. The maximum Gasteiger partial charge on any atom is 0.234 e. The molecule has 0 heterocycles. The summed E-state index contributed by atoms with van der Waals surface area (Å²) in [5.41, 5.74) is 5.49. The second-order valence-electron chi connectivity index (χ2n) is 3.99. The van der Waals surface area contributed by atoms with Crippen LogP contribution in [0.15, 0.2) is 0 Å². The van der Waals surface area contributed by atoms with Crippen LogP contribution in [0.4, 0.5) is 0 Å². The lowest BCUT2D eigenvalue weighted by molar-refractivity contribution is -0.123. The number of carbonyl (C=O) groups excluding carboxylic acids is 1. The predicted octanol–water partition coefficient (Wildman–Crippen LogP) is -0.192. The van der Waals surface area contributed by atoms with E-state index in [-0.39, 0.29) is 11.9 Å². The van der Waals surface area contributed by atoms with Crippen LogP contribution in [0.25, 0.3) is 0 Å². The summed E-state index contributed by atoms with van der Waals surface area (Å²) in [7, 11) is 1.63. The number of nitrogens with zero attached hydrogens (tertiary/aromatic N) is 1. The molecule has 1 atom stereocenters. The first kappa shape index (κ1) is 15.3. The van der Waals surface area contributed by atoms with E-state index in [2.05, 4.69) is 17.1 Å². The van der Waals surface area contributed by atoms with Crippen LogP contribution in [-0.2, 0) is 9.53 Å². The molecule has 1 unspecified atom stereocenters. The van der Waals surface area contributed by atoms with Gasteiger partial charge >= 0.3 is 0 Å². The Kier molecular flexibility index (Phi) is 9.18. The first-order valence-corrected chi connectivity index (χ1v) is 5.84. The zero-order valence-corrected chi connectivity index (χ0v) is 10.7. The van der Waals surface area contributed by atoms with Crippen molar-refractivity contribution in [2.24, 2.45) is 5.73 Å². The second-order valence-corrected chi connectivity index (χ2v) is 3.99. The van der Waals surface area contributed by atoms with Crippen molar-refractivity contribution in [3.63, 3.8) is 0 Å². The molecular formula is C11H25N3O2. The minimum Gasteiger partial charge on any atom is -0.383 e. The number of carbonyl (C=O) groups is 1. The van der Waals surface area contributed by atoms with Gasteiger partial charge in [0, 0.05) is 26.2 Å². The smallest absolute Gasteiger partial charge is 0.234 e. The summed E-state index contributed by atoms with van der Waals surface area (Å²) in [6.07, 6.45) is 1.03. The molecule has 0 saturated carbocycles. The Balaban J connectivity index is 3.88. The van der Waals surface area contributed by atoms with Gasteiger partial charge < -0.3 is 15.8 Å². The molecule has 0 fully saturated rings. The molecule has 0 rings (SSSR count). The highest BCUT2D eigenvalue weighted by Gasteiger charge is 2.11. The van der Waals surface area contributed by atoms with Gasteiger partial charge in [-0.3, -0.25) is 9.69 Å². The number of rotatable bonds is 9. The Morgan fingerprint density at radius 1 is 1.50 bits per heavy atom. The first-order chi connectivity index (χ1) is 7.63. The number of nitrogens with one attached hydrogen (secondary N) is 1. The summed E-state index contributed by atoms with van der Waals surface area (Å²) < 4.78 is 4.96. The molecule has 5 nitrogen and oxygen atoms in total. The molecular weight excluding hydrogens is 206 g/mol. The number of ether oxygens (including phenoxy) is 1. The lowest BCUT2D eigenvalue weighted by atomic mass is 10.3. The summed E-state index contributed by atoms with van der Waals surface area (Å²) in [6.45, 7) is 7.23. The van der Waals surface area contributed by atoms with Gasteiger partial charge in [0.15, 0.2) is 0 Å². The van der Waals surface area contributed by atoms with E-state index in [1.807, 2.05) is 6.92 Å². The summed E-state index contributed by atoms with van der Waals surface area (Å²) in [6, 6.07) is 0.0545. The van der Waals surface area contributed by atoms with Gasteiger partial charge in [-0.05, 0) is 19.9 Å². The monoisotopic (exact) mass is 231 g/mol. The van der Waals surface area contributed by atoms with E-state index in [1.54, 1.807) is 7.11 Å². The largest absolute Gasteiger partial charge is 0.383 e. The number of hydrogen-bond acceptors (Lipinski definition) is 4. The van der Waals surface area contributed by atoms with Crippen LogP contribution in [0.1, 0.15) is 20.3 Å². The minimum atomic E-state index is 0.0338. The van der Waals surface area contributed by atoms with Crippen LogP contribution in [0, 0.1) is 0 Å². The van der Waals surface area contributed by atoms with Crippen LogP contribution < -0.4 is 11.1 Å². The lowest BCUT2D eigenvalue weighted by Crippen LogP contribution is -2.44. The third kappa shape index (κ3) is 7.62. The molecule has 0 aromatic rings. The van der Waals surface area contributed by atoms with Crippen molar-refractivity contribution in [3.8, 4) is 0 Å². The van der Waals surface area contributed by atoms with Gasteiger partial charge in [-0.15, -0.1) is 0 Å². The Labute approximate surface area is 98.3 Å². The Morgan fingerprint density at radius 3 is 2.69 bits per heavy atom. The Hall–Kier alpha value is -0.650. The normalized spacial score (nSPS) is 12.8. The summed E-state index contributed by atoms with van der Waals surface area (Å²) >= 11 is 0. The SMILES string of the molecule is CCCN(CCN)CC(=O)NC(C)COC. The average molecular weight is 231 g/mol.